The van der Waals surface area contributed by atoms with Gasteiger partial charge in [0.25, 0.3) is 15.9 Å². The first-order chi connectivity index (χ1) is 14.3. The molecule has 3 aromatic carbocycles. The van der Waals surface area contributed by atoms with Crippen molar-refractivity contribution < 1.29 is 27.1 Å². The molecule has 0 unspecified atom stereocenters. The number of methoxy groups -OCH3 is 2. The monoisotopic (exact) mass is 430 g/mol. The number of amides is 1. The molecule has 0 aliphatic rings. The zero-order valence-corrected chi connectivity index (χ0v) is 17.0. The number of nitrogens with one attached hydrogen (secondary N) is 2. The highest BCUT2D eigenvalue weighted by atomic mass is 32.2. The van der Waals surface area contributed by atoms with E-state index in [1.165, 1.54) is 38.5 Å². The molecule has 0 fully saturated rings. The summed E-state index contributed by atoms with van der Waals surface area (Å²) in [7, 11) is -0.872. The van der Waals surface area contributed by atoms with Crippen molar-refractivity contribution in [1.82, 2.24) is 0 Å². The third-order valence-corrected chi connectivity index (χ3v) is 5.56. The van der Waals surface area contributed by atoms with Crippen LogP contribution in [0.1, 0.15) is 10.4 Å². The molecular formula is C21H19FN2O5S. The third-order valence-electron chi connectivity index (χ3n) is 4.16. The Bertz CT molecular complexity index is 1150. The minimum absolute atomic E-state index is 0.0604. The number of halogens is 1. The number of rotatable bonds is 7. The highest BCUT2D eigenvalue weighted by Crippen LogP contribution is 2.28. The summed E-state index contributed by atoms with van der Waals surface area (Å²) in [6.45, 7) is 0. The summed E-state index contributed by atoms with van der Waals surface area (Å²) in [5.41, 5.74) is 1.14. The van der Waals surface area contributed by atoms with Crippen LogP contribution in [-0.2, 0) is 10.0 Å². The lowest BCUT2D eigenvalue weighted by atomic mass is 10.2. The summed E-state index contributed by atoms with van der Waals surface area (Å²) in [5, 5.41) is 2.72. The van der Waals surface area contributed by atoms with Crippen LogP contribution in [0.5, 0.6) is 11.5 Å². The van der Waals surface area contributed by atoms with E-state index in [4.69, 9.17) is 9.47 Å². The number of ether oxygens (including phenoxy) is 2. The van der Waals surface area contributed by atoms with Crippen LogP contribution >= 0.6 is 0 Å². The average molecular weight is 430 g/mol. The SMILES string of the molecule is COc1ccc(C(=O)Nc2ccc(NS(=O)(=O)c3ccc(F)cc3)cc2)cc1OC. The van der Waals surface area contributed by atoms with Crippen LogP contribution in [0.2, 0.25) is 0 Å². The number of anilines is 2. The fraction of sp³-hybridized carbons (Fsp3) is 0.0952. The number of hydrogen-bond donors (Lipinski definition) is 2. The predicted molar refractivity (Wildman–Crippen MR) is 111 cm³/mol. The van der Waals surface area contributed by atoms with Gasteiger partial charge in [-0.1, -0.05) is 0 Å². The normalized spacial score (nSPS) is 10.9. The first kappa shape index (κ1) is 21.1. The van der Waals surface area contributed by atoms with Crippen molar-refractivity contribution in [1.29, 1.82) is 0 Å². The Labute approximate surface area is 173 Å². The van der Waals surface area contributed by atoms with Crippen LogP contribution in [0.25, 0.3) is 0 Å². The van der Waals surface area contributed by atoms with Gasteiger partial charge < -0.3 is 14.8 Å². The van der Waals surface area contributed by atoms with Gasteiger partial charge in [-0.25, -0.2) is 12.8 Å². The fourth-order valence-corrected chi connectivity index (χ4v) is 3.69. The van der Waals surface area contributed by atoms with E-state index in [1.807, 2.05) is 0 Å². The first-order valence-corrected chi connectivity index (χ1v) is 10.2. The van der Waals surface area contributed by atoms with E-state index >= 15 is 0 Å². The van der Waals surface area contributed by atoms with Crippen LogP contribution < -0.4 is 19.5 Å². The molecule has 0 saturated carbocycles. The van der Waals surface area contributed by atoms with Gasteiger partial charge in [0, 0.05) is 16.9 Å². The summed E-state index contributed by atoms with van der Waals surface area (Å²) < 4.78 is 50.4. The van der Waals surface area contributed by atoms with E-state index in [-0.39, 0.29) is 10.8 Å². The first-order valence-electron chi connectivity index (χ1n) is 8.74. The van der Waals surface area contributed by atoms with Crippen LogP contribution in [0.3, 0.4) is 0 Å². The summed E-state index contributed by atoms with van der Waals surface area (Å²) in [6.07, 6.45) is 0. The molecule has 1 amide bonds. The van der Waals surface area contributed by atoms with E-state index in [0.717, 1.165) is 12.1 Å². The van der Waals surface area contributed by atoms with Gasteiger partial charge in [0.15, 0.2) is 11.5 Å². The lowest BCUT2D eigenvalue weighted by molar-refractivity contribution is 0.102. The molecular weight excluding hydrogens is 411 g/mol. The van der Waals surface area contributed by atoms with Crippen molar-refractivity contribution in [3.05, 3.63) is 78.1 Å². The van der Waals surface area contributed by atoms with Gasteiger partial charge in [-0.05, 0) is 66.7 Å². The topological polar surface area (TPSA) is 93.7 Å². The van der Waals surface area contributed by atoms with Crippen molar-refractivity contribution in [2.24, 2.45) is 0 Å². The van der Waals surface area contributed by atoms with Crippen LogP contribution in [0, 0.1) is 5.82 Å². The molecule has 9 heteroatoms. The molecule has 3 aromatic rings. The molecule has 30 heavy (non-hydrogen) atoms. The van der Waals surface area contributed by atoms with Gasteiger partial charge in [-0.2, -0.15) is 0 Å². The predicted octanol–water partition coefficient (Wildman–Crippen LogP) is 3.90. The van der Waals surface area contributed by atoms with Gasteiger partial charge in [-0.3, -0.25) is 9.52 Å². The molecule has 0 heterocycles. The molecule has 0 spiro atoms. The van der Waals surface area contributed by atoms with Crippen LogP contribution in [0.4, 0.5) is 15.8 Å². The van der Waals surface area contributed by atoms with E-state index in [1.54, 1.807) is 30.3 Å². The lowest BCUT2D eigenvalue weighted by Gasteiger charge is -2.11. The Kier molecular flexibility index (Phi) is 6.22. The van der Waals surface area contributed by atoms with Crippen molar-refractivity contribution >= 4 is 27.3 Å². The molecule has 7 nitrogen and oxygen atoms in total. The highest BCUT2D eigenvalue weighted by Gasteiger charge is 2.15. The molecule has 3 rings (SSSR count). The summed E-state index contributed by atoms with van der Waals surface area (Å²) >= 11 is 0. The second kappa shape index (κ2) is 8.83. The number of sulfonamides is 1. The standard InChI is InChI=1S/C21H19FN2O5S/c1-28-19-12-3-14(13-20(19)29-2)21(25)23-16-6-8-17(9-7-16)24-30(26,27)18-10-4-15(22)5-11-18/h3-13,24H,1-2H3,(H,23,25). The minimum atomic E-state index is -3.85. The molecule has 0 radical (unpaired) electrons. The zero-order valence-electron chi connectivity index (χ0n) is 16.2. The molecule has 0 saturated heterocycles. The quantitative estimate of drug-likeness (QED) is 0.593. The maximum absolute atomic E-state index is 13.0. The number of hydrogen-bond acceptors (Lipinski definition) is 5. The molecule has 0 aliphatic heterocycles. The maximum atomic E-state index is 13.0. The Morgan fingerprint density at radius 2 is 1.43 bits per heavy atom. The fourth-order valence-electron chi connectivity index (χ4n) is 2.63. The van der Waals surface area contributed by atoms with Crippen LogP contribution in [-0.4, -0.2) is 28.5 Å². The Morgan fingerprint density at radius 1 is 0.833 bits per heavy atom. The van der Waals surface area contributed by atoms with Crippen molar-refractivity contribution in [2.45, 2.75) is 4.90 Å². The van der Waals surface area contributed by atoms with E-state index in [9.17, 15) is 17.6 Å². The van der Waals surface area contributed by atoms with Gasteiger partial charge in [0.05, 0.1) is 19.1 Å². The molecule has 0 aliphatic carbocycles. The molecule has 0 aromatic heterocycles. The Hall–Kier alpha value is -3.59. The highest BCUT2D eigenvalue weighted by molar-refractivity contribution is 7.92. The van der Waals surface area contributed by atoms with Crippen molar-refractivity contribution in [3.63, 3.8) is 0 Å². The largest absolute Gasteiger partial charge is 0.493 e. The molecule has 0 atom stereocenters. The van der Waals surface area contributed by atoms with Gasteiger partial charge in [0.2, 0.25) is 0 Å². The van der Waals surface area contributed by atoms with Crippen molar-refractivity contribution in [2.75, 3.05) is 24.3 Å². The summed E-state index contributed by atoms with van der Waals surface area (Å²) in [5.74, 6) is 0.0432. The van der Waals surface area contributed by atoms with Gasteiger partial charge in [-0.15, -0.1) is 0 Å². The van der Waals surface area contributed by atoms with Gasteiger partial charge >= 0.3 is 0 Å². The zero-order chi connectivity index (χ0) is 21.7. The Morgan fingerprint density at radius 3 is 2.03 bits per heavy atom. The van der Waals surface area contributed by atoms with E-state index in [0.29, 0.717) is 28.4 Å². The molecule has 2 N–H and O–H groups in total. The molecule has 156 valence electrons. The smallest absolute Gasteiger partial charge is 0.261 e. The van der Waals surface area contributed by atoms with Gasteiger partial charge in [0.1, 0.15) is 5.82 Å². The number of carbonyl (C=O) groups excluding carboxylic acids is 1. The van der Waals surface area contributed by atoms with Crippen LogP contribution in [0.15, 0.2) is 71.6 Å². The second-order valence-corrected chi connectivity index (χ2v) is 7.84. The minimum Gasteiger partial charge on any atom is -0.493 e. The van der Waals surface area contributed by atoms with E-state index in [2.05, 4.69) is 10.0 Å². The summed E-state index contributed by atoms with van der Waals surface area (Å²) in [6, 6.07) is 15.4. The third kappa shape index (κ3) is 4.87. The second-order valence-electron chi connectivity index (χ2n) is 6.16. The molecule has 0 bridgehead atoms. The lowest BCUT2D eigenvalue weighted by Crippen LogP contribution is -2.14. The number of carbonyl (C=O) groups is 1. The summed E-state index contributed by atoms with van der Waals surface area (Å²) in [4.78, 5) is 12.4. The average Bonchev–Trinajstić information content (AvgIpc) is 2.74. The van der Waals surface area contributed by atoms with E-state index < -0.39 is 15.8 Å². The Balaban J connectivity index is 1.70. The van der Waals surface area contributed by atoms with Crippen molar-refractivity contribution in [3.8, 4) is 11.5 Å². The number of benzene rings is 3. The maximum Gasteiger partial charge on any atom is 0.261 e.